The second-order valence-electron chi connectivity index (χ2n) is 8.36. The molecular formula is C26H31N3O4S. The van der Waals surface area contributed by atoms with Gasteiger partial charge in [-0.15, -0.1) is 0 Å². The summed E-state index contributed by atoms with van der Waals surface area (Å²) >= 11 is 0. The van der Waals surface area contributed by atoms with Crippen LogP contribution in [0.15, 0.2) is 83.8 Å². The molecule has 0 aliphatic carbocycles. The molecule has 3 aromatic carbocycles. The number of hydrogen-bond acceptors (Lipinski definition) is 5. The molecule has 0 spiro atoms. The van der Waals surface area contributed by atoms with E-state index < -0.39 is 22.0 Å². The molecule has 0 aliphatic rings. The number of hydrogen-bond donors (Lipinski definition) is 3. The van der Waals surface area contributed by atoms with Crippen molar-refractivity contribution in [2.24, 2.45) is 5.92 Å². The third-order valence-electron chi connectivity index (χ3n) is 5.44. The molecule has 0 fully saturated rings. The highest BCUT2D eigenvalue weighted by Gasteiger charge is 2.28. The average Bonchev–Trinajstić information content (AvgIpc) is 2.84. The zero-order valence-corrected chi connectivity index (χ0v) is 20.6. The van der Waals surface area contributed by atoms with Gasteiger partial charge in [-0.3, -0.25) is 4.79 Å². The molecule has 1 amide bonds. The number of anilines is 2. The number of sulfonamides is 1. The fourth-order valence-electron chi connectivity index (χ4n) is 3.43. The van der Waals surface area contributed by atoms with E-state index in [0.717, 1.165) is 5.69 Å². The van der Waals surface area contributed by atoms with Crippen molar-refractivity contribution in [3.63, 3.8) is 0 Å². The smallest absolute Gasteiger partial charge is 0.242 e. The van der Waals surface area contributed by atoms with Crippen molar-refractivity contribution in [3.05, 3.63) is 84.4 Å². The molecule has 3 rings (SSSR count). The van der Waals surface area contributed by atoms with E-state index in [4.69, 9.17) is 4.74 Å². The number of nitrogens with one attached hydrogen (secondary N) is 3. The van der Waals surface area contributed by atoms with Crippen LogP contribution in [0.5, 0.6) is 5.75 Å². The van der Waals surface area contributed by atoms with Crippen molar-refractivity contribution in [2.45, 2.75) is 37.8 Å². The monoisotopic (exact) mass is 481 g/mol. The molecule has 3 aromatic rings. The minimum Gasteiger partial charge on any atom is -0.497 e. The second kappa shape index (κ2) is 11.2. The van der Waals surface area contributed by atoms with E-state index in [1.165, 1.54) is 24.8 Å². The van der Waals surface area contributed by atoms with E-state index in [0.29, 0.717) is 11.4 Å². The SMILES string of the molecule is COc1ccc(S(=O)(=O)N[C@H](C(=O)Nc2ccc(NC(C)c3ccccc3)cc2)C(C)C)cc1. The first-order valence-corrected chi connectivity index (χ1v) is 12.6. The van der Waals surface area contributed by atoms with Crippen LogP contribution in [0.1, 0.15) is 32.4 Å². The van der Waals surface area contributed by atoms with Gasteiger partial charge in [-0.1, -0.05) is 44.2 Å². The number of amides is 1. The number of benzene rings is 3. The maximum atomic E-state index is 12.9. The molecule has 0 bridgehead atoms. The average molecular weight is 482 g/mol. The van der Waals surface area contributed by atoms with Crippen LogP contribution in [0.3, 0.4) is 0 Å². The topological polar surface area (TPSA) is 96.5 Å². The molecule has 0 radical (unpaired) electrons. The quantitative estimate of drug-likeness (QED) is 0.386. The Balaban J connectivity index is 1.65. The Kier molecular flexibility index (Phi) is 8.31. The summed E-state index contributed by atoms with van der Waals surface area (Å²) in [6.45, 7) is 5.66. The summed E-state index contributed by atoms with van der Waals surface area (Å²) in [5, 5.41) is 6.24. The zero-order valence-electron chi connectivity index (χ0n) is 19.8. The van der Waals surface area contributed by atoms with Crippen molar-refractivity contribution < 1.29 is 17.9 Å². The predicted octanol–water partition coefficient (Wildman–Crippen LogP) is 4.81. The molecule has 1 unspecified atom stereocenters. The lowest BCUT2D eigenvalue weighted by atomic mass is 10.0. The van der Waals surface area contributed by atoms with E-state index >= 15 is 0 Å². The van der Waals surface area contributed by atoms with Crippen LogP contribution in [-0.4, -0.2) is 27.5 Å². The molecule has 0 aromatic heterocycles. The predicted molar refractivity (Wildman–Crippen MR) is 135 cm³/mol. The van der Waals surface area contributed by atoms with Crippen molar-refractivity contribution in [3.8, 4) is 5.75 Å². The maximum Gasteiger partial charge on any atom is 0.242 e. The van der Waals surface area contributed by atoms with Crippen molar-refractivity contribution in [1.82, 2.24) is 4.72 Å². The highest BCUT2D eigenvalue weighted by Crippen LogP contribution is 2.22. The van der Waals surface area contributed by atoms with Gasteiger partial charge < -0.3 is 15.4 Å². The summed E-state index contributed by atoms with van der Waals surface area (Å²) in [7, 11) is -2.38. The van der Waals surface area contributed by atoms with Gasteiger partial charge in [0.05, 0.1) is 12.0 Å². The largest absolute Gasteiger partial charge is 0.497 e. The van der Waals surface area contributed by atoms with Crippen molar-refractivity contribution in [1.29, 1.82) is 0 Å². The lowest BCUT2D eigenvalue weighted by Crippen LogP contribution is -2.47. The van der Waals surface area contributed by atoms with Gasteiger partial charge in [-0.25, -0.2) is 8.42 Å². The Labute approximate surface area is 201 Å². The van der Waals surface area contributed by atoms with Gasteiger partial charge in [0.2, 0.25) is 15.9 Å². The summed E-state index contributed by atoms with van der Waals surface area (Å²) in [4.78, 5) is 13.0. The third-order valence-corrected chi connectivity index (χ3v) is 6.89. The Bertz CT molecular complexity index is 1180. The van der Waals surface area contributed by atoms with Crippen molar-refractivity contribution in [2.75, 3.05) is 17.7 Å². The minimum atomic E-state index is -3.89. The molecule has 0 saturated carbocycles. The highest BCUT2D eigenvalue weighted by atomic mass is 32.2. The number of carbonyl (C=O) groups excluding carboxylic acids is 1. The molecular weight excluding hydrogens is 450 g/mol. The van der Waals surface area contributed by atoms with Crippen molar-refractivity contribution >= 4 is 27.3 Å². The molecule has 2 atom stereocenters. The van der Waals surface area contributed by atoms with Crippen LogP contribution in [0, 0.1) is 5.92 Å². The fraction of sp³-hybridized carbons (Fsp3) is 0.269. The number of ether oxygens (including phenoxy) is 1. The van der Waals surface area contributed by atoms with Crippen LogP contribution in [0.25, 0.3) is 0 Å². The third kappa shape index (κ3) is 6.59. The standard InChI is InChI=1S/C26H31N3O4S/c1-18(2)25(29-34(31,32)24-16-14-23(33-4)15-17-24)26(30)28-22-12-10-21(11-13-22)27-19(3)20-8-6-5-7-9-20/h5-19,25,27,29H,1-4H3,(H,28,30)/t19?,25-/m0/s1. The summed E-state index contributed by atoms with van der Waals surface area (Å²) in [5.74, 6) is -0.140. The Morgan fingerprint density at radius 2 is 1.41 bits per heavy atom. The van der Waals surface area contributed by atoms with Crippen LogP contribution >= 0.6 is 0 Å². The summed E-state index contributed by atoms with van der Waals surface area (Å²) in [6, 6.07) is 22.6. The Morgan fingerprint density at radius 3 is 1.97 bits per heavy atom. The van der Waals surface area contributed by atoms with Gasteiger partial charge in [0.25, 0.3) is 0 Å². The van der Waals surface area contributed by atoms with E-state index in [9.17, 15) is 13.2 Å². The van der Waals surface area contributed by atoms with Gasteiger partial charge in [-0.05, 0) is 66.9 Å². The fourth-order valence-corrected chi connectivity index (χ4v) is 4.77. The number of methoxy groups -OCH3 is 1. The van der Waals surface area contributed by atoms with Gasteiger partial charge in [-0.2, -0.15) is 4.72 Å². The lowest BCUT2D eigenvalue weighted by Gasteiger charge is -2.22. The van der Waals surface area contributed by atoms with Gasteiger partial charge in [0, 0.05) is 17.4 Å². The summed E-state index contributed by atoms with van der Waals surface area (Å²) in [6.07, 6.45) is 0. The van der Waals surface area contributed by atoms with Crippen LogP contribution in [0.2, 0.25) is 0 Å². The Hall–Kier alpha value is -3.36. The molecule has 34 heavy (non-hydrogen) atoms. The Morgan fingerprint density at radius 1 is 0.824 bits per heavy atom. The molecule has 7 nitrogen and oxygen atoms in total. The zero-order chi connectivity index (χ0) is 24.7. The molecule has 180 valence electrons. The van der Waals surface area contributed by atoms with Crippen LogP contribution in [0.4, 0.5) is 11.4 Å². The number of rotatable bonds is 10. The first kappa shape index (κ1) is 25.3. The van der Waals surface area contributed by atoms with E-state index in [1.807, 2.05) is 30.3 Å². The van der Waals surface area contributed by atoms with Crippen LogP contribution in [-0.2, 0) is 14.8 Å². The normalized spacial score (nSPS) is 13.2. The van der Waals surface area contributed by atoms with E-state index in [1.54, 1.807) is 38.1 Å². The summed E-state index contributed by atoms with van der Waals surface area (Å²) < 4.78 is 33.3. The number of carbonyl (C=O) groups is 1. The maximum absolute atomic E-state index is 12.9. The first-order valence-electron chi connectivity index (χ1n) is 11.1. The van der Waals surface area contributed by atoms with E-state index in [-0.39, 0.29) is 16.9 Å². The van der Waals surface area contributed by atoms with Gasteiger partial charge >= 0.3 is 0 Å². The molecule has 3 N–H and O–H groups in total. The lowest BCUT2D eigenvalue weighted by molar-refractivity contribution is -0.118. The van der Waals surface area contributed by atoms with Gasteiger partial charge in [0.15, 0.2) is 0 Å². The molecule has 8 heteroatoms. The molecule has 0 heterocycles. The first-order chi connectivity index (χ1) is 16.2. The van der Waals surface area contributed by atoms with Crippen LogP contribution < -0.4 is 20.1 Å². The van der Waals surface area contributed by atoms with Gasteiger partial charge in [0.1, 0.15) is 11.8 Å². The summed E-state index contributed by atoms with van der Waals surface area (Å²) in [5.41, 5.74) is 2.66. The minimum absolute atomic E-state index is 0.0645. The van der Waals surface area contributed by atoms with E-state index in [2.05, 4.69) is 34.4 Å². The molecule has 0 aliphatic heterocycles. The highest BCUT2D eigenvalue weighted by molar-refractivity contribution is 7.89. The molecule has 0 saturated heterocycles. The second-order valence-corrected chi connectivity index (χ2v) is 10.1.